The van der Waals surface area contributed by atoms with Crippen LogP contribution in [0.25, 0.3) is 32.7 Å². The Hall–Kier alpha value is -3.13. The van der Waals surface area contributed by atoms with Gasteiger partial charge in [0.25, 0.3) is 0 Å². The lowest BCUT2D eigenvalue weighted by atomic mass is 9.88. The molecule has 0 saturated carbocycles. The van der Waals surface area contributed by atoms with Gasteiger partial charge in [-0.25, -0.2) is 0 Å². The minimum absolute atomic E-state index is 0.414. The predicted octanol–water partition coefficient (Wildman–Crippen LogP) is 5.92. The highest BCUT2D eigenvalue weighted by Crippen LogP contribution is 2.36. The van der Waals surface area contributed by atoms with E-state index in [1.54, 1.807) is 6.92 Å². The fourth-order valence-corrected chi connectivity index (χ4v) is 3.66. The molecule has 128 valence electrons. The van der Waals surface area contributed by atoms with Crippen molar-refractivity contribution < 1.29 is 9.90 Å². The van der Waals surface area contributed by atoms with E-state index in [2.05, 4.69) is 60.7 Å². The number of carbonyl (C=O) groups is 1. The first kappa shape index (κ1) is 16.3. The zero-order valence-corrected chi connectivity index (χ0v) is 14.6. The lowest BCUT2D eigenvalue weighted by Crippen LogP contribution is -2.12. The second-order valence-corrected chi connectivity index (χ2v) is 6.79. The molecule has 0 heterocycles. The highest BCUT2D eigenvalue weighted by molar-refractivity contribution is 6.13. The summed E-state index contributed by atoms with van der Waals surface area (Å²) in [6, 6.07) is 27.2. The quantitative estimate of drug-likeness (QED) is 0.468. The molecule has 1 unspecified atom stereocenters. The van der Waals surface area contributed by atoms with Gasteiger partial charge in [0.1, 0.15) is 0 Å². The second-order valence-electron chi connectivity index (χ2n) is 6.79. The second kappa shape index (κ2) is 6.64. The number of benzene rings is 4. The molecule has 0 saturated heterocycles. The van der Waals surface area contributed by atoms with Crippen molar-refractivity contribution in [3.63, 3.8) is 0 Å². The third kappa shape index (κ3) is 2.84. The number of carboxylic acid groups (broad SMARTS) is 1. The molecule has 1 atom stereocenters. The lowest BCUT2D eigenvalue weighted by Gasteiger charge is -2.16. The Bertz CT molecular complexity index is 1110. The normalized spacial score (nSPS) is 12.3. The summed E-state index contributed by atoms with van der Waals surface area (Å²) in [4.78, 5) is 11.3. The molecule has 0 amide bonds. The van der Waals surface area contributed by atoms with Crippen LogP contribution in [0.2, 0.25) is 0 Å². The van der Waals surface area contributed by atoms with Gasteiger partial charge in [-0.15, -0.1) is 0 Å². The molecule has 2 nitrogen and oxygen atoms in total. The van der Waals surface area contributed by atoms with Gasteiger partial charge in [-0.3, -0.25) is 4.79 Å². The number of carboxylic acids is 1. The topological polar surface area (TPSA) is 37.3 Å². The predicted molar refractivity (Wildman–Crippen MR) is 107 cm³/mol. The van der Waals surface area contributed by atoms with Crippen molar-refractivity contribution in [2.45, 2.75) is 13.3 Å². The van der Waals surface area contributed by atoms with Crippen LogP contribution in [-0.2, 0) is 11.2 Å². The number of hydrogen-bond acceptors (Lipinski definition) is 1. The van der Waals surface area contributed by atoms with E-state index in [9.17, 15) is 9.90 Å². The van der Waals surface area contributed by atoms with Crippen LogP contribution in [0.15, 0.2) is 78.9 Å². The SMILES string of the molecule is CC(Cc1ccccc1-c1cc2ccccc2c2ccccc12)C(=O)O. The first-order valence-corrected chi connectivity index (χ1v) is 8.86. The first-order chi connectivity index (χ1) is 12.6. The van der Waals surface area contributed by atoms with Gasteiger partial charge >= 0.3 is 5.97 Å². The van der Waals surface area contributed by atoms with Gasteiger partial charge in [0.2, 0.25) is 0 Å². The van der Waals surface area contributed by atoms with Gasteiger partial charge in [0, 0.05) is 0 Å². The maximum atomic E-state index is 11.3. The van der Waals surface area contributed by atoms with Crippen molar-refractivity contribution in [3.8, 4) is 11.1 Å². The zero-order valence-electron chi connectivity index (χ0n) is 14.6. The van der Waals surface area contributed by atoms with Crippen LogP contribution < -0.4 is 0 Å². The standard InChI is InChI=1S/C24H20O2/c1-16(24(25)26)14-17-8-2-5-11-20(17)23-15-18-9-3-4-10-19(18)21-12-6-7-13-22(21)23/h2-13,15-16H,14H2,1H3,(H,25,26). The van der Waals surface area contributed by atoms with Crippen molar-refractivity contribution in [1.82, 2.24) is 0 Å². The van der Waals surface area contributed by atoms with Gasteiger partial charge in [0.15, 0.2) is 0 Å². The maximum absolute atomic E-state index is 11.3. The van der Waals surface area contributed by atoms with Crippen LogP contribution >= 0.6 is 0 Å². The smallest absolute Gasteiger partial charge is 0.306 e. The summed E-state index contributed by atoms with van der Waals surface area (Å²) in [5, 5.41) is 14.2. The van der Waals surface area contributed by atoms with Crippen molar-refractivity contribution in [2.75, 3.05) is 0 Å². The monoisotopic (exact) mass is 340 g/mol. The first-order valence-electron chi connectivity index (χ1n) is 8.86. The molecular weight excluding hydrogens is 320 g/mol. The summed E-state index contributed by atoms with van der Waals surface area (Å²) in [6.45, 7) is 1.76. The summed E-state index contributed by atoms with van der Waals surface area (Å²) < 4.78 is 0. The zero-order chi connectivity index (χ0) is 18.1. The molecule has 4 aromatic carbocycles. The average Bonchev–Trinajstić information content (AvgIpc) is 2.68. The van der Waals surface area contributed by atoms with E-state index in [0.29, 0.717) is 6.42 Å². The van der Waals surface area contributed by atoms with E-state index in [0.717, 1.165) is 16.7 Å². The lowest BCUT2D eigenvalue weighted by molar-refractivity contribution is -0.141. The van der Waals surface area contributed by atoms with Gasteiger partial charge < -0.3 is 5.11 Å². The Balaban J connectivity index is 1.99. The van der Waals surface area contributed by atoms with E-state index in [1.807, 2.05) is 18.2 Å². The molecule has 0 aromatic heterocycles. The Morgan fingerprint density at radius 1 is 0.808 bits per heavy atom. The molecule has 0 radical (unpaired) electrons. The molecule has 4 aromatic rings. The third-order valence-electron chi connectivity index (χ3n) is 5.02. The molecule has 0 aliphatic heterocycles. The van der Waals surface area contributed by atoms with Crippen molar-refractivity contribution in [1.29, 1.82) is 0 Å². The molecule has 0 bridgehead atoms. The molecule has 0 fully saturated rings. The number of rotatable bonds is 4. The van der Waals surface area contributed by atoms with Gasteiger partial charge in [0.05, 0.1) is 5.92 Å². The minimum atomic E-state index is -0.761. The van der Waals surface area contributed by atoms with Crippen molar-refractivity contribution in [2.24, 2.45) is 5.92 Å². The van der Waals surface area contributed by atoms with Gasteiger partial charge in [-0.05, 0) is 50.7 Å². The van der Waals surface area contributed by atoms with E-state index in [4.69, 9.17) is 0 Å². The highest BCUT2D eigenvalue weighted by atomic mass is 16.4. The molecule has 4 rings (SSSR count). The maximum Gasteiger partial charge on any atom is 0.306 e. The molecule has 1 N–H and O–H groups in total. The van der Waals surface area contributed by atoms with Crippen LogP contribution in [0.5, 0.6) is 0 Å². The van der Waals surface area contributed by atoms with Gasteiger partial charge in [-0.1, -0.05) is 79.7 Å². The summed E-state index contributed by atoms with van der Waals surface area (Å²) in [7, 11) is 0. The van der Waals surface area contributed by atoms with Crippen LogP contribution in [-0.4, -0.2) is 11.1 Å². The molecular formula is C24H20O2. The van der Waals surface area contributed by atoms with E-state index in [1.165, 1.54) is 21.5 Å². The summed E-state index contributed by atoms with van der Waals surface area (Å²) in [6.07, 6.45) is 0.520. The Labute approximate surface area is 152 Å². The fourth-order valence-electron chi connectivity index (χ4n) is 3.66. The Morgan fingerprint density at radius 3 is 2.19 bits per heavy atom. The Kier molecular flexibility index (Phi) is 4.18. The van der Waals surface area contributed by atoms with E-state index >= 15 is 0 Å². The number of aliphatic carboxylic acids is 1. The molecule has 26 heavy (non-hydrogen) atoms. The highest BCUT2D eigenvalue weighted by Gasteiger charge is 2.16. The molecule has 2 heteroatoms. The molecule has 0 aliphatic carbocycles. The van der Waals surface area contributed by atoms with Crippen molar-refractivity contribution >= 4 is 27.5 Å². The van der Waals surface area contributed by atoms with Crippen LogP contribution in [0.1, 0.15) is 12.5 Å². The van der Waals surface area contributed by atoms with Crippen molar-refractivity contribution in [3.05, 3.63) is 84.4 Å². The largest absolute Gasteiger partial charge is 0.481 e. The molecule has 0 aliphatic rings. The summed E-state index contributed by atoms with van der Waals surface area (Å²) in [5.41, 5.74) is 3.35. The minimum Gasteiger partial charge on any atom is -0.481 e. The molecule has 0 spiro atoms. The van der Waals surface area contributed by atoms with Crippen LogP contribution in [0.4, 0.5) is 0 Å². The van der Waals surface area contributed by atoms with Crippen LogP contribution in [0.3, 0.4) is 0 Å². The van der Waals surface area contributed by atoms with Crippen LogP contribution in [0, 0.1) is 5.92 Å². The van der Waals surface area contributed by atoms with Gasteiger partial charge in [-0.2, -0.15) is 0 Å². The number of hydrogen-bond donors (Lipinski definition) is 1. The Morgan fingerprint density at radius 2 is 1.42 bits per heavy atom. The fraction of sp³-hybridized carbons (Fsp3) is 0.125. The number of fused-ring (bicyclic) bond motifs is 3. The summed E-state index contributed by atoms with van der Waals surface area (Å²) >= 11 is 0. The van der Waals surface area contributed by atoms with E-state index < -0.39 is 11.9 Å². The average molecular weight is 340 g/mol. The summed E-state index contributed by atoms with van der Waals surface area (Å²) in [5.74, 6) is -1.17. The van der Waals surface area contributed by atoms with E-state index in [-0.39, 0.29) is 0 Å². The third-order valence-corrected chi connectivity index (χ3v) is 5.02.